The molecule has 7 heteroatoms. The highest BCUT2D eigenvalue weighted by molar-refractivity contribution is 5.94. The molecule has 1 unspecified atom stereocenters. The molecule has 0 spiro atoms. The number of anilines is 2. The lowest BCUT2D eigenvalue weighted by Crippen LogP contribution is -2.34. The predicted molar refractivity (Wildman–Crippen MR) is 98.9 cm³/mol. The van der Waals surface area contributed by atoms with Gasteiger partial charge >= 0.3 is 6.03 Å². The molecule has 0 aliphatic heterocycles. The minimum Gasteiger partial charge on any atom is -0.495 e. The van der Waals surface area contributed by atoms with Gasteiger partial charge in [-0.05, 0) is 31.2 Å². The first-order valence-corrected chi connectivity index (χ1v) is 8.07. The Morgan fingerprint density at radius 2 is 1.85 bits per heavy atom. The number of benzene rings is 2. The standard InChI is InChI=1S/C19H22FN3O3/c1-12(15-7-5-6-8-16(15)20)23(3)19(25)22-17-11-14(21-13(2)24)9-10-18(17)26-4/h5-12H,1-4H3,(H,21,24)(H,22,25). The number of amides is 3. The van der Waals surface area contributed by atoms with Crippen LogP contribution in [0.2, 0.25) is 0 Å². The largest absolute Gasteiger partial charge is 0.495 e. The molecule has 0 radical (unpaired) electrons. The van der Waals surface area contributed by atoms with Crippen molar-refractivity contribution in [1.82, 2.24) is 4.90 Å². The highest BCUT2D eigenvalue weighted by atomic mass is 19.1. The Balaban J connectivity index is 2.20. The number of methoxy groups -OCH3 is 1. The summed E-state index contributed by atoms with van der Waals surface area (Å²) >= 11 is 0. The van der Waals surface area contributed by atoms with Crippen molar-refractivity contribution in [1.29, 1.82) is 0 Å². The van der Waals surface area contributed by atoms with Crippen molar-refractivity contribution in [3.63, 3.8) is 0 Å². The number of hydrogen-bond donors (Lipinski definition) is 2. The minimum absolute atomic E-state index is 0.224. The van der Waals surface area contributed by atoms with Gasteiger partial charge in [0.05, 0.1) is 18.8 Å². The maximum atomic E-state index is 14.0. The van der Waals surface area contributed by atoms with Gasteiger partial charge in [0.15, 0.2) is 0 Å². The molecular formula is C19H22FN3O3. The van der Waals surface area contributed by atoms with Crippen LogP contribution in [-0.4, -0.2) is 31.0 Å². The number of halogens is 1. The van der Waals surface area contributed by atoms with E-state index in [0.717, 1.165) is 0 Å². The third kappa shape index (κ3) is 4.50. The van der Waals surface area contributed by atoms with E-state index in [1.54, 1.807) is 50.4 Å². The fourth-order valence-corrected chi connectivity index (χ4v) is 2.49. The summed E-state index contributed by atoms with van der Waals surface area (Å²) in [7, 11) is 3.06. The minimum atomic E-state index is -0.472. The van der Waals surface area contributed by atoms with Crippen LogP contribution in [-0.2, 0) is 4.79 Å². The SMILES string of the molecule is COc1ccc(NC(C)=O)cc1NC(=O)N(C)C(C)c1ccccc1F. The van der Waals surface area contributed by atoms with Gasteiger partial charge in [-0.2, -0.15) is 0 Å². The zero-order valence-corrected chi connectivity index (χ0v) is 15.2. The summed E-state index contributed by atoms with van der Waals surface area (Å²) in [6, 6.07) is 10.3. The van der Waals surface area contributed by atoms with Crippen molar-refractivity contribution in [2.45, 2.75) is 19.9 Å². The van der Waals surface area contributed by atoms with Crippen LogP contribution >= 0.6 is 0 Å². The summed E-state index contributed by atoms with van der Waals surface area (Å²) in [5.41, 5.74) is 1.35. The lowest BCUT2D eigenvalue weighted by atomic mass is 10.1. The molecule has 138 valence electrons. The second-order valence-corrected chi connectivity index (χ2v) is 5.83. The molecule has 0 heterocycles. The molecule has 2 aromatic rings. The van der Waals surface area contributed by atoms with Crippen LogP contribution in [0.1, 0.15) is 25.5 Å². The van der Waals surface area contributed by atoms with Crippen LogP contribution in [0.3, 0.4) is 0 Å². The summed E-state index contributed by atoms with van der Waals surface area (Å²) in [5, 5.41) is 5.38. The third-order valence-corrected chi connectivity index (χ3v) is 4.02. The van der Waals surface area contributed by atoms with Crippen molar-refractivity contribution in [3.8, 4) is 5.75 Å². The van der Waals surface area contributed by atoms with Crippen LogP contribution in [0.4, 0.5) is 20.6 Å². The van der Waals surface area contributed by atoms with E-state index < -0.39 is 12.1 Å². The van der Waals surface area contributed by atoms with E-state index in [2.05, 4.69) is 10.6 Å². The summed E-state index contributed by atoms with van der Waals surface area (Å²) < 4.78 is 19.2. The topological polar surface area (TPSA) is 70.7 Å². The van der Waals surface area contributed by atoms with Gasteiger partial charge in [-0.15, -0.1) is 0 Å². The molecule has 2 N–H and O–H groups in total. The number of carbonyl (C=O) groups excluding carboxylic acids is 2. The summed E-state index contributed by atoms with van der Waals surface area (Å²) in [4.78, 5) is 25.2. The Morgan fingerprint density at radius 1 is 1.15 bits per heavy atom. The Morgan fingerprint density at radius 3 is 2.46 bits per heavy atom. The van der Waals surface area contributed by atoms with Crippen LogP contribution < -0.4 is 15.4 Å². The van der Waals surface area contributed by atoms with Crippen LogP contribution in [0, 0.1) is 5.82 Å². The summed E-state index contributed by atoms with van der Waals surface area (Å²) in [6.45, 7) is 3.13. The van der Waals surface area contributed by atoms with Crippen molar-refractivity contribution in [2.75, 3.05) is 24.8 Å². The van der Waals surface area contributed by atoms with Crippen LogP contribution in [0.15, 0.2) is 42.5 Å². The average Bonchev–Trinajstić information content (AvgIpc) is 2.60. The number of urea groups is 1. The number of rotatable bonds is 5. The molecule has 0 saturated carbocycles. The van der Waals surface area contributed by atoms with E-state index in [4.69, 9.17) is 4.74 Å². The monoisotopic (exact) mass is 359 g/mol. The van der Waals surface area contributed by atoms with E-state index in [1.165, 1.54) is 25.0 Å². The Bertz CT molecular complexity index is 810. The van der Waals surface area contributed by atoms with Gasteiger partial charge in [0.25, 0.3) is 0 Å². The zero-order chi connectivity index (χ0) is 19.3. The molecule has 26 heavy (non-hydrogen) atoms. The highest BCUT2D eigenvalue weighted by Gasteiger charge is 2.21. The van der Waals surface area contributed by atoms with Crippen molar-refractivity contribution < 1.29 is 18.7 Å². The van der Waals surface area contributed by atoms with Gasteiger partial charge in [0, 0.05) is 25.2 Å². The smallest absolute Gasteiger partial charge is 0.322 e. The predicted octanol–water partition coefficient (Wildman–Crippen LogP) is 4.02. The molecule has 0 bridgehead atoms. The maximum Gasteiger partial charge on any atom is 0.322 e. The fourth-order valence-electron chi connectivity index (χ4n) is 2.49. The molecule has 0 aromatic heterocycles. The molecule has 0 aliphatic carbocycles. The molecule has 0 saturated heterocycles. The molecule has 6 nitrogen and oxygen atoms in total. The molecule has 2 rings (SSSR count). The van der Waals surface area contributed by atoms with Crippen molar-refractivity contribution >= 4 is 23.3 Å². The molecule has 3 amide bonds. The number of ether oxygens (including phenoxy) is 1. The van der Waals surface area contributed by atoms with E-state index in [9.17, 15) is 14.0 Å². The first-order valence-electron chi connectivity index (χ1n) is 8.07. The third-order valence-electron chi connectivity index (χ3n) is 4.02. The summed E-state index contributed by atoms with van der Waals surface area (Å²) in [5.74, 6) is -0.151. The molecule has 2 aromatic carbocycles. The van der Waals surface area contributed by atoms with Gasteiger partial charge in [-0.1, -0.05) is 18.2 Å². The second kappa shape index (κ2) is 8.33. The quantitative estimate of drug-likeness (QED) is 0.847. The average molecular weight is 359 g/mol. The van der Waals surface area contributed by atoms with Gasteiger partial charge in [0.1, 0.15) is 11.6 Å². The highest BCUT2D eigenvalue weighted by Crippen LogP contribution is 2.29. The van der Waals surface area contributed by atoms with Crippen molar-refractivity contribution in [3.05, 3.63) is 53.8 Å². The lowest BCUT2D eigenvalue weighted by molar-refractivity contribution is -0.114. The van der Waals surface area contributed by atoms with E-state index >= 15 is 0 Å². The molecule has 0 aliphatic rings. The van der Waals surface area contributed by atoms with E-state index in [-0.39, 0.29) is 11.7 Å². The maximum absolute atomic E-state index is 14.0. The van der Waals surface area contributed by atoms with Crippen LogP contribution in [0.5, 0.6) is 5.75 Å². The van der Waals surface area contributed by atoms with Gasteiger partial charge in [-0.3, -0.25) is 4.79 Å². The Hall–Kier alpha value is -3.09. The van der Waals surface area contributed by atoms with Crippen LogP contribution in [0.25, 0.3) is 0 Å². The van der Waals surface area contributed by atoms with Gasteiger partial charge < -0.3 is 20.3 Å². The summed E-state index contributed by atoms with van der Waals surface area (Å²) in [6.07, 6.45) is 0. The molecule has 0 fully saturated rings. The normalized spacial score (nSPS) is 11.4. The Labute approximate surface area is 152 Å². The number of nitrogens with one attached hydrogen (secondary N) is 2. The Kier molecular flexibility index (Phi) is 6.16. The number of nitrogens with zero attached hydrogens (tertiary/aromatic N) is 1. The first kappa shape index (κ1) is 19.2. The molecular weight excluding hydrogens is 337 g/mol. The zero-order valence-electron chi connectivity index (χ0n) is 15.2. The number of hydrogen-bond acceptors (Lipinski definition) is 3. The van der Waals surface area contributed by atoms with Gasteiger partial charge in [-0.25, -0.2) is 9.18 Å². The van der Waals surface area contributed by atoms with Gasteiger partial charge in [0.2, 0.25) is 5.91 Å². The lowest BCUT2D eigenvalue weighted by Gasteiger charge is -2.26. The fraction of sp³-hybridized carbons (Fsp3) is 0.263. The van der Waals surface area contributed by atoms with E-state index in [0.29, 0.717) is 22.7 Å². The molecule has 1 atom stereocenters. The number of carbonyl (C=O) groups is 2. The van der Waals surface area contributed by atoms with Crippen molar-refractivity contribution in [2.24, 2.45) is 0 Å². The second-order valence-electron chi connectivity index (χ2n) is 5.83. The first-order chi connectivity index (χ1) is 12.3. The van der Waals surface area contributed by atoms with E-state index in [1.807, 2.05) is 0 Å².